The molecule has 0 aliphatic carbocycles. The van der Waals surface area contributed by atoms with Crippen LogP contribution in [0, 0.1) is 23.7 Å². The van der Waals surface area contributed by atoms with Gasteiger partial charge in [-0.15, -0.1) is 6.42 Å². The fourth-order valence-corrected chi connectivity index (χ4v) is 0.855. The Morgan fingerprint density at radius 1 is 1.58 bits per heavy atom. The molecule has 0 atom stereocenters. The van der Waals surface area contributed by atoms with Gasteiger partial charge in [0.05, 0.1) is 25.7 Å². The molecule has 0 N–H and O–H groups in total. The van der Waals surface area contributed by atoms with E-state index >= 15 is 0 Å². The Bertz CT molecular complexity index is 230. The molecule has 0 aromatic heterocycles. The molecule has 0 radical (unpaired) electrons. The van der Waals surface area contributed by atoms with Crippen LogP contribution in [0.2, 0.25) is 0 Å². The maximum atomic E-state index is 8.46. The van der Waals surface area contributed by atoms with Crippen LogP contribution >= 0.6 is 0 Å². The third-order valence-electron chi connectivity index (χ3n) is 1.30. The monoisotopic (exact) mass is 228 g/mol. The van der Waals surface area contributed by atoms with Crippen molar-refractivity contribution in [1.29, 1.82) is 5.26 Å². The van der Waals surface area contributed by atoms with Crippen LogP contribution in [0.5, 0.6) is 0 Å². The molecule has 0 amide bonds. The van der Waals surface area contributed by atoms with E-state index in [9.17, 15) is 0 Å². The Kier molecular flexibility index (Phi) is 6.70. The molecule has 0 unspecified atom stereocenters. The van der Waals surface area contributed by atoms with E-state index in [4.69, 9.17) is 11.7 Å². The Morgan fingerprint density at radius 3 is 2.42 bits per heavy atom. The largest absolute Gasteiger partial charge is 1.00 e. The second-order valence-electron chi connectivity index (χ2n) is 3.17. The highest BCUT2D eigenvalue weighted by atomic mass is 79.9. The normalized spacial score (nSPS) is 9.00. The summed E-state index contributed by atoms with van der Waals surface area (Å²) >= 11 is 0. The van der Waals surface area contributed by atoms with Crippen molar-refractivity contribution in [1.82, 2.24) is 0 Å². The highest BCUT2D eigenvalue weighted by molar-refractivity contribution is 5.15. The molecule has 0 bridgehead atoms. The molecule has 0 saturated carbocycles. The van der Waals surface area contributed by atoms with Crippen LogP contribution < -0.4 is 17.0 Å². The minimum atomic E-state index is 0. The molecular weight excluding hydrogens is 216 g/mol. The van der Waals surface area contributed by atoms with E-state index in [-0.39, 0.29) is 17.0 Å². The van der Waals surface area contributed by atoms with E-state index in [1.165, 1.54) is 0 Å². The minimum absolute atomic E-state index is 0. The maximum Gasteiger partial charge on any atom is 0.140 e. The highest BCUT2D eigenvalue weighted by Gasteiger charge is 2.13. The molecule has 0 rings (SSSR count). The number of hydrogen-bond donors (Lipinski definition) is 0. The van der Waals surface area contributed by atoms with Gasteiger partial charge in [0.2, 0.25) is 0 Å². The lowest BCUT2D eigenvalue weighted by Crippen LogP contribution is -3.00. The molecule has 66 valence electrons. The lowest BCUT2D eigenvalue weighted by Gasteiger charge is -2.26. The fourth-order valence-electron chi connectivity index (χ4n) is 0.855. The smallest absolute Gasteiger partial charge is 0.140 e. The summed E-state index contributed by atoms with van der Waals surface area (Å²) in [6, 6.07) is 2.00. The summed E-state index contributed by atoms with van der Waals surface area (Å²) in [6.07, 6.45) is 5.15. The van der Waals surface area contributed by atoms with Crippen molar-refractivity contribution in [2.24, 2.45) is 0 Å². The topological polar surface area (TPSA) is 23.8 Å². The second-order valence-corrected chi connectivity index (χ2v) is 3.17. The Labute approximate surface area is 84.8 Å². The molecule has 0 heterocycles. The molecule has 12 heavy (non-hydrogen) atoms. The lowest BCUT2D eigenvalue weighted by molar-refractivity contribution is -0.878. The molecule has 0 saturated heterocycles. The molecule has 2 nitrogen and oxygen atoms in total. The van der Waals surface area contributed by atoms with Crippen LogP contribution in [0.4, 0.5) is 0 Å². The van der Waals surface area contributed by atoms with Crippen LogP contribution in [0.25, 0.3) is 0 Å². The van der Waals surface area contributed by atoms with Crippen LogP contribution in [0.1, 0.15) is 0 Å². The zero-order chi connectivity index (χ0) is 8.91. The van der Waals surface area contributed by atoms with Gasteiger partial charge >= 0.3 is 0 Å². The molecule has 0 aromatic rings. The van der Waals surface area contributed by atoms with Crippen molar-refractivity contribution < 1.29 is 21.5 Å². The van der Waals surface area contributed by atoms with E-state index in [2.05, 4.69) is 12.5 Å². The first-order chi connectivity index (χ1) is 5.02. The van der Waals surface area contributed by atoms with E-state index in [1.807, 2.05) is 20.2 Å². The van der Waals surface area contributed by atoms with Gasteiger partial charge in [-0.1, -0.05) is 6.58 Å². The second kappa shape index (κ2) is 5.83. The van der Waals surface area contributed by atoms with Crippen LogP contribution in [0.3, 0.4) is 0 Å². The molecule has 3 heteroatoms. The SMILES string of the molecule is C#CC[N+](C)(C)CC(=C)C#N.[Br-]. The lowest BCUT2D eigenvalue weighted by atomic mass is 10.3. The first-order valence-corrected chi connectivity index (χ1v) is 3.35. The van der Waals surface area contributed by atoms with Crippen LogP contribution in [0.15, 0.2) is 12.2 Å². The van der Waals surface area contributed by atoms with Crippen molar-refractivity contribution >= 4 is 0 Å². The molecule has 0 spiro atoms. The van der Waals surface area contributed by atoms with Crippen molar-refractivity contribution in [2.75, 3.05) is 27.2 Å². The number of nitriles is 1. The van der Waals surface area contributed by atoms with Crippen molar-refractivity contribution in [3.05, 3.63) is 12.2 Å². The average Bonchev–Trinajstić information content (AvgIpc) is 1.86. The molecule has 0 aliphatic heterocycles. The summed E-state index contributed by atoms with van der Waals surface area (Å²) < 4.78 is 0.628. The number of nitrogens with zero attached hydrogens (tertiary/aromatic N) is 2. The zero-order valence-corrected chi connectivity index (χ0v) is 9.06. The quantitative estimate of drug-likeness (QED) is 0.305. The Hall–Kier alpha value is -0.770. The number of quaternary nitrogens is 1. The van der Waals surface area contributed by atoms with E-state index in [0.29, 0.717) is 23.1 Å². The first-order valence-electron chi connectivity index (χ1n) is 3.35. The number of hydrogen-bond acceptors (Lipinski definition) is 1. The summed E-state index contributed by atoms with van der Waals surface area (Å²) in [4.78, 5) is 0. The summed E-state index contributed by atoms with van der Waals surface area (Å²) in [6.45, 7) is 4.85. The van der Waals surface area contributed by atoms with E-state index < -0.39 is 0 Å². The van der Waals surface area contributed by atoms with Gasteiger partial charge < -0.3 is 21.5 Å². The number of likely N-dealkylation sites (N-methyl/N-ethyl adjacent to an activating group) is 1. The third-order valence-corrected chi connectivity index (χ3v) is 1.30. The predicted octanol–water partition coefficient (Wildman–Crippen LogP) is -2.22. The van der Waals surface area contributed by atoms with Gasteiger partial charge in [0.15, 0.2) is 0 Å². The van der Waals surface area contributed by atoms with Crippen molar-refractivity contribution in [2.45, 2.75) is 0 Å². The van der Waals surface area contributed by atoms with Crippen molar-refractivity contribution in [3.8, 4) is 18.4 Å². The van der Waals surface area contributed by atoms with Gasteiger partial charge in [-0.2, -0.15) is 5.26 Å². The average molecular weight is 229 g/mol. The molecular formula is C9H13BrN2. The number of rotatable bonds is 3. The van der Waals surface area contributed by atoms with Gasteiger partial charge in [-0.05, 0) is 5.92 Å². The standard InChI is InChI=1S/C9H13N2.BrH/c1-5-6-11(3,4)8-9(2)7-10;/h1H,2,6,8H2,3-4H3;1H/q+1;/p-1. The van der Waals surface area contributed by atoms with Crippen LogP contribution in [-0.4, -0.2) is 31.7 Å². The van der Waals surface area contributed by atoms with Gasteiger partial charge in [-0.3, -0.25) is 0 Å². The number of halogens is 1. The maximum absolute atomic E-state index is 8.46. The van der Waals surface area contributed by atoms with Crippen LogP contribution in [-0.2, 0) is 0 Å². The van der Waals surface area contributed by atoms with Gasteiger partial charge in [-0.25, -0.2) is 0 Å². The number of terminal acetylenes is 1. The summed E-state index contributed by atoms with van der Waals surface area (Å²) in [5.74, 6) is 2.56. The first kappa shape index (κ1) is 13.8. The zero-order valence-electron chi connectivity index (χ0n) is 7.47. The van der Waals surface area contributed by atoms with Gasteiger partial charge in [0.1, 0.15) is 13.1 Å². The minimum Gasteiger partial charge on any atom is -1.00 e. The predicted molar refractivity (Wildman–Crippen MR) is 45.4 cm³/mol. The summed E-state index contributed by atoms with van der Waals surface area (Å²) in [7, 11) is 3.95. The van der Waals surface area contributed by atoms with Gasteiger partial charge in [0.25, 0.3) is 0 Å². The van der Waals surface area contributed by atoms with Gasteiger partial charge in [0, 0.05) is 0 Å². The Morgan fingerprint density at radius 2 is 2.08 bits per heavy atom. The third kappa shape index (κ3) is 5.97. The summed E-state index contributed by atoms with van der Waals surface area (Å²) in [5, 5.41) is 8.46. The molecule has 0 aromatic carbocycles. The summed E-state index contributed by atoms with van der Waals surface area (Å²) in [5.41, 5.74) is 0.574. The Balaban J connectivity index is 0. The van der Waals surface area contributed by atoms with Crippen molar-refractivity contribution in [3.63, 3.8) is 0 Å². The molecule has 0 aliphatic rings. The van der Waals surface area contributed by atoms with E-state index in [1.54, 1.807) is 0 Å². The fraction of sp³-hybridized carbons (Fsp3) is 0.444. The van der Waals surface area contributed by atoms with E-state index in [0.717, 1.165) is 0 Å². The molecule has 0 fully saturated rings. The highest BCUT2D eigenvalue weighted by Crippen LogP contribution is 2.00.